The molecule has 1 nitrogen and oxygen atoms in total. The van der Waals surface area contributed by atoms with Gasteiger partial charge in [-0.25, -0.2) is 0 Å². The van der Waals surface area contributed by atoms with Crippen molar-refractivity contribution in [1.82, 2.24) is 0 Å². The van der Waals surface area contributed by atoms with Gasteiger partial charge in [0, 0.05) is 22.5 Å². The molecule has 8 rings (SSSR count). The summed E-state index contributed by atoms with van der Waals surface area (Å²) in [6, 6.07) is 51.0. The summed E-state index contributed by atoms with van der Waals surface area (Å²) >= 11 is 0. The summed E-state index contributed by atoms with van der Waals surface area (Å²) in [5.74, 6) is 0. The lowest BCUT2D eigenvalue weighted by molar-refractivity contribution is 0.661. The van der Waals surface area contributed by atoms with Crippen molar-refractivity contribution in [2.45, 2.75) is 19.3 Å². The van der Waals surface area contributed by atoms with Crippen LogP contribution in [0.25, 0.3) is 43.4 Å². The topological polar surface area (TPSA) is 3.24 Å². The van der Waals surface area contributed by atoms with Gasteiger partial charge in [0.15, 0.2) is 0 Å². The molecule has 0 atom stereocenters. The van der Waals surface area contributed by atoms with Crippen LogP contribution in [0.15, 0.2) is 140 Å². The van der Waals surface area contributed by atoms with Crippen LogP contribution in [0.2, 0.25) is 0 Å². The molecule has 0 radical (unpaired) electrons. The van der Waals surface area contributed by atoms with Gasteiger partial charge >= 0.3 is 0 Å². The standard InChI is InChI=1S/C39H29N/c1-39(2)35-16-10-9-15-34(35)38-33-21-19-26-17-18-27-25-30(20-22-31(27)37(26)32(33)23-24-36(38)39)40(28-11-5-3-6-12-28)29-13-7-4-8-14-29/h3-25H,1-2H3. The lowest BCUT2D eigenvalue weighted by Gasteiger charge is -2.26. The van der Waals surface area contributed by atoms with Gasteiger partial charge in [-0.15, -0.1) is 0 Å². The molecule has 1 heteroatoms. The molecule has 0 saturated carbocycles. The van der Waals surface area contributed by atoms with E-state index in [1.165, 1.54) is 54.6 Å². The molecule has 0 amide bonds. The minimum atomic E-state index is 0.00106. The first-order chi connectivity index (χ1) is 19.6. The Kier molecular flexibility index (Phi) is 4.93. The van der Waals surface area contributed by atoms with Gasteiger partial charge in [0.1, 0.15) is 0 Å². The zero-order valence-electron chi connectivity index (χ0n) is 22.7. The molecule has 0 unspecified atom stereocenters. The molecule has 1 aliphatic carbocycles. The highest BCUT2D eigenvalue weighted by molar-refractivity contribution is 6.23. The molecule has 0 saturated heterocycles. The van der Waals surface area contributed by atoms with Crippen molar-refractivity contribution in [3.63, 3.8) is 0 Å². The van der Waals surface area contributed by atoms with Gasteiger partial charge < -0.3 is 4.90 Å². The number of benzene rings is 7. The van der Waals surface area contributed by atoms with Crippen LogP contribution in [-0.4, -0.2) is 0 Å². The largest absolute Gasteiger partial charge is 0.310 e. The Bertz CT molecular complexity index is 2030. The van der Waals surface area contributed by atoms with Crippen molar-refractivity contribution in [2.75, 3.05) is 4.90 Å². The van der Waals surface area contributed by atoms with Gasteiger partial charge in [-0.2, -0.15) is 0 Å². The number of nitrogens with zero attached hydrogens (tertiary/aromatic N) is 1. The molecule has 0 spiro atoms. The quantitative estimate of drug-likeness (QED) is 0.213. The second-order valence-electron chi connectivity index (χ2n) is 11.4. The van der Waals surface area contributed by atoms with Crippen molar-refractivity contribution in [1.29, 1.82) is 0 Å². The average molecular weight is 512 g/mol. The summed E-state index contributed by atoms with van der Waals surface area (Å²) in [5.41, 5.74) is 9.06. The summed E-state index contributed by atoms with van der Waals surface area (Å²) in [7, 11) is 0. The zero-order valence-corrected chi connectivity index (χ0v) is 22.7. The lowest BCUT2D eigenvalue weighted by atomic mass is 9.82. The van der Waals surface area contributed by atoms with Gasteiger partial charge in [0.2, 0.25) is 0 Å². The Morgan fingerprint density at radius 3 is 1.80 bits per heavy atom. The fraction of sp³-hybridized carbons (Fsp3) is 0.0769. The maximum Gasteiger partial charge on any atom is 0.0468 e. The highest BCUT2D eigenvalue weighted by Gasteiger charge is 2.36. The van der Waals surface area contributed by atoms with Crippen molar-refractivity contribution < 1.29 is 0 Å². The molecular weight excluding hydrogens is 482 g/mol. The van der Waals surface area contributed by atoms with E-state index in [1.54, 1.807) is 0 Å². The van der Waals surface area contributed by atoms with Gasteiger partial charge in [-0.1, -0.05) is 117 Å². The summed E-state index contributed by atoms with van der Waals surface area (Å²) in [6.45, 7) is 4.71. The van der Waals surface area contributed by atoms with E-state index in [-0.39, 0.29) is 5.41 Å². The van der Waals surface area contributed by atoms with E-state index >= 15 is 0 Å². The molecule has 0 aliphatic heterocycles. The highest BCUT2D eigenvalue weighted by Crippen LogP contribution is 2.52. The molecule has 1 aliphatic rings. The molecule has 190 valence electrons. The molecule has 7 aromatic carbocycles. The number of hydrogen-bond acceptors (Lipinski definition) is 1. The molecule has 0 N–H and O–H groups in total. The van der Waals surface area contributed by atoms with Crippen molar-refractivity contribution in [3.05, 3.63) is 151 Å². The number of rotatable bonds is 3. The Hall–Kier alpha value is -4.88. The van der Waals surface area contributed by atoms with E-state index < -0.39 is 0 Å². The van der Waals surface area contributed by atoms with E-state index in [4.69, 9.17) is 0 Å². The SMILES string of the molecule is CC1(C)c2ccccc2-c2c1ccc1c2ccc2ccc3cc(N(c4ccccc4)c4ccccc4)ccc3c21. The maximum absolute atomic E-state index is 2.37. The van der Waals surface area contributed by atoms with Gasteiger partial charge in [0.05, 0.1) is 0 Å². The van der Waals surface area contributed by atoms with Gasteiger partial charge in [-0.05, 0) is 91.0 Å². The van der Waals surface area contributed by atoms with Gasteiger partial charge in [-0.3, -0.25) is 0 Å². The molecule has 0 bridgehead atoms. The lowest BCUT2D eigenvalue weighted by Crippen LogP contribution is -2.14. The molecule has 0 aromatic heterocycles. The zero-order chi connectivity index (χ0) is 26.8. The predicted molar refractivity (Wildman–Crippen MR) is 171 cm³/mol. The Morgan fingerprint density at radius 1 is 0.450 bits per heavy atom. The molecule has 0 heterocycles. The van der Waals surface area contributed by atoms with Crippen LogP contribution in [0.4, 0.5) is 17.1 Å². The van der Waals surface area contributed by atoms with Crippen LogP contribution in [0.3, 0.4) is 0 Å². The fourth-order valence-electron chi connectivity index (χ4n) is 6.90. The smallest absolute Gasteiger partial charge is 0.0468 e. The number of fused-ring (bicyclic) bond motifs is 9. The van der Waals surface area contributed by atoms with E-state index in [2.05, 4.69) is 158 Å². The molecule has 40 heavy (non-hydrogen) atoms. The molecule has 7 aromatic rings. The van der Waals surface area contributed by atoms with E-state index in [0.29, 0.717) is 0 Å². The normalized spacial score (nSPS) is 13.4. The van der Waals surface area contributed by atoms with Crippen molar-refractivity contribution in [2.24, 2.45) is 0 Å². The van der Waals surface area contributed by atoms with Crippen LogP contribution in [0.5, 0.6) is 0 Å². The third kappa shape index (κ3) is 3.28. The van der Waals surface area contributed by atoms with Gasteiger partial charge in [0.25, 0.3) is 0 Å². The third-order valence-corrected chi connectivity index (χ3v) is 8.81. The van der Waals surface area contributed by atoms with Crippen LogP contribution in [0.1, 0.15) is 25.0 Å². The molecule has 0 fully saturated rings. The van der Waals surface area contributed by atoms with Crippen molar-refractivity contribution >= 4 is 49.4 Å². The van der Waals surface area contributed by atoms with E-state index in [0.717, 1.165) is 17.1 Å². The van der Waals surface area contributed by atoms with Crippen LogP contribution in [-0.2, 0) is 5.41 Å². The number of anilines is 3. The maximum atomic E-state index is 2.37. The minimum absolute atomic E-state index is 0.00106. The first-order valence-electron chi connectivity index (χ1n) is 14.0. The van der Waals surface area contributed by atoms with E-state index in [9.17, 15) is 0 Å². The Morgan fingerprint density at radius 2 is 1.05 bits per heavy atom. The monoisotopic (exact) mass is 511 g/mol. The molecular formula is C39H29N. The third-order valence-electron chi connectivity index (χ3n) is 8.81. The van der Waals surface area contributed by atoms with E-state index in [1.807, 2.05) is 0 Å². The first-order valence-corrected chi connectivity index (χ1v) is 14.0. The van der Waals surface area contributed by atoms with Crippen LogP contribution >= 0.6 is 0 Å². The summed E-state index contributed by atoms with van der Waals surface area (Å²) < 4.78 is 0. The van der Waals surface area contributed by atoms with Crippen LogP contribution in [0, 0.1) is 0 Å². The minimum Gasteiger partial charge on any atom is -0.310 e. The number of hydrogen-bond donors (Lipinski definition) is 0. The first kappa shape index (κ1) is 23.0. The highest BCUT2D eigenvalue weighted by atomic mass is 15.1. The summed E-state index contributed by atoms with van der Waals surface area (Å²) in [6.07, 6.45) is 0. The average Bonchev–Trinajstić information content (AvgIpc) is 3.24. The summed E-state index contributed by atoms with van der Waals surface area (Å²) in [4.78, 5) is 2.33. The Balaban J connectivity index is 1.38. The van der Waals surface area contributed by atoms with Crippen LogP contribution < -0.4 is 4.90 Å². The van der Waals surface area contributed by atoms with Crippen molar-refractivity contribution in [3.8, 4) is 11.1 Å². The number of para-hydroxylation sites is 2. The second kappa shape index (κ2) is 8.56. The predicted octanol–water partition coefficient (Wildman–Crippen LogP) is 10.9. The summed E-state index contributed by atoms with van der Waals surface area (Å²) in [5, 5.41) is 7.81. The Labute approximate surface area is 234 Å². The second-order valence-corrected chi connectivity index (χ2v) is 11.4. The fourth-order valence-corrected chi connectivity index (χ4v) is 6.90.